The lowest BCUT2D eigenvalue weighted by Gasteiger charge is -2.25. The van der Waals surface area contributed by atoms with E-state index in [4.69, 9.17) is 23.2 Å². The summed E-state index contributed by atoms with van der Waals surface area (Å²) in [6.07, 6.45) is 1.31. The van der Waals surface area contributed by atoms with E-state index in [0.717, 1.165) is 12.8 Å². The van der Waals surface area contributed by atoms with Gasteiger partial charge in [-0.15, -0.1) is 0 Å². The first-order chi connectivity index (χ1) is 7.91. The van der Waals surface area contributed by atoms with Crippen molar-refractivity contribution in [3.8, 4) is 0 Å². The van der Waals surface area contributed by atoms with E-state index in [1.165, 1.54) is 0 Å². The summed E-state index contributed by atoms with van der Waals surface area (Å²) in [5.74, 6) is 0. The predicted molar refractivity (Wildman–Crippen MR) is 71.7 cm³/mol. The first kappa shape index (κ1) is 13.2. The van der Waals surface area contributed by atoms with Gasteiger partial charge in [0.25, 0.3) is 0 Å². The Balaban J connectivity index is 2.23. The zero-order valence-electron chi connectivity index (χ0n) is 10.0. The highest BCUT2D eigenvalue weighted by molar-refractivity contribution is 6.36. The monoisotopic (exact) mass is 273 g/mol. The maximum atomic E-state index is 10.4. The average Bonchev–Trinajstić information content (AvgIpc) is 2.58. The average molecular weight is 274 g/mol. The van der Waals surface area contributed by atoms with Crippen LogP contribution in [0.3, 0.4) is 0 Å². The second-order valence-corrected chi connectivity index (χ2v) is 6.07. The van der Waals surface area contributed by atoms with Crippen LogP contribution in [0, 0.1) is 0 Å². The molecule has 2 nitrogen and oxygen atoms in total. The summed E-state index contributed by atoms with van der Waals surface area (Å²) >= 11 is 12.2. The molecule has 0 aliphatic carbocycles. The Hall–Kier alpha value is -0.280. The van der Waals surface area contributed by atoms with E-state index < -0.39 is 6.10 Å². The van der Waals surface area contributed by atoms with Gasteiger partial charge in [0.05, 0.1) is 6.10 Å². The van der Waals surface area contributed by atoms with Gasteiger partial charge in [-0.3, -0.25) is 0 Å². The van der Waals surface area contributed by atoms with Crippen LogP contribution in [-0.4, -0.2) is 16.7 Å². The van der Waals surface area contributed by atoms with Crippen LogP contribution >= 0.6 is 23.2 Å². The number of hydrogen-bond acceptors (Lipinski definition) is 2. The second kappa shape index (κ2) is 4.77. The molecule has 4 heteroatoms. The topological polar surface area (TPSA) is 32.3 Å². The third kappa shape index (κ3) is 2.76. The summed E-state index contributed by atoms with van der Waals surface area (Å²) in [7, 11) is 0. The smallest absolute Gasteiger partial charge is 0.0971 e. The summed E-state index contributed by atoms with van der Waals surface area (Å²) < 4.78 is 0. The van der Waals surface area contributed by atoms with Crippen LogP contribution < -0.4 is 5.32 Å². The van der Waals surface area contributed by atoms with Crippen LogP contribution in [-0.2, 0) is 0 Å². The highest BCUT2D eigenvalue weighted by Gasteiger charge is 2.35. The number of nitrogens with one attached hydrogen (secondary N) is 1. The fourth-order valence-electron chi connectivity index (χ4n) is 2.39. The van der Waals surface area contributed by atoms with Gasteiger partial charge in [-0.05, 0) is 38.8 Å². The van der Waals surface area contributed by atoms with E-state index in [9.17, 15) is 5.11 Å². The van der Waals surface area contributed by atoms with E-state index in [2.05, 4.69) is 19.2 Å². The molecule has 0 bridgehead atoms. The first-order valence-electron chi connectivity index (χ1n) is 5.80. The van der Waals surface area contributed by atoms with E-state index in [-0.39, 0.29) is 11.6 Å². The Morgan fingerprint density at radius 3 is 2.41 bits per heavy atom. The Morgan fingerprint density at radius 2 is 1.94 bits per heavy atom. The van der Waals surface area contributed by atoms with Crippen molar-refractivity contribution in [3.63, 3.8) is 0 Å². The third-order valence-corrected chi connectivity index (χ3v) is 3.99. The molecule has 2 atom stereocenters. The number of rotatable bonds is 2. The van der Waals surface area contributed by atoms with Crippen LogP contribution in [0.4, 0.5) is 0 Å². The van der Waals surface area contributed by atoms with Crippen molar-refractivity contribution in [3.05, 3.63) is 33.8 Å². The van der Waals surface area contributed by atoms with Crippen molar-refractivity contribution < 1.29 is 5.11 Å². The zero-order valence-corrected chi connectivity index (χ0v) is 11.5. The van der Waals surface area contributed by atoms with Gasteiger partial charge in [-0.1, -0.05) is 29.3 Å². The molecule has 1 aliphatic rings. The van der Waals surface area contributed by atoms with Gasteiger partial charge < -0.3 is 10.4 Å². The quantitative estimate of drug-likeness (QED) is 0.864. The number of halogens is 2. The van der Waals surface area contributed by atoms with Crippen molar-refractivity contribution in [2.75, 3.05) is 0 Å². The van der Waals surface area contributed by atoms with Gasteiger partial charge in [0.2, 0.25) is 0 Å². The molecule has 0 aromatic heterocycles. The molecular formula is C13H17Cl2NO. The normalized spacial score (nSPS) is 24.9. The molecule has 2 N–H and O–H groups in total. The fourth-order valence-corrected chi connectivity index (χ4v) is 3.01. The minimum absolute atomic E-state index is 0.0161. The highest BCUT2D eigenvalue weighted by Crippen LogP contribution is 2.36. The van der Waals surface area contributed by atoms with Crippen molar-refractivity contribution in [2.45, 2.75) is 44.4 Å². The standard InChI is InChI=1S/C13H17Cl2NO/c1-13(2)7-6-10(16-13)12(17)11-8(14)4-3-5-9(11)15/h3-5,10,12,16-17H,6-7H2,1-2H3/t10-,12-/m0/s1. The fraction of sp³-hybridized carbons (Fsp3) is 0.538. The van der Waals surface area contributed by atoms with Crippen molar-refractivity contribution in [1.82, 2.24) is 5.32 Å². The van der Waals surface area contributed by atoms with E-state index in [0.29, 0.717) is 15.6 Å². The minimum Gasteiger partial charge on any atom is -0.387 e. The summed E-state index contributed by atoms with van der Waals surface area (Å²) in [6.45, 7) is 4.27. The molecule has 1 heterocycles. The molecule has 0 saturated carbocycles. The predicted octanol–water partition coefficient (Wildman–Crippen LogP) is 3.56. The van der Waals surface area contributed by atoms with Crippen molar-refractivity contribution in [1.29, 1.82) is 0 Å². The van der Waals surface area contributed by atoms with E-state index >= 15 is 0 Å². The molecule has 0 spiro atoms. The molecule has 0 amide bonds. The number of benzene rings is 1. The van der Waals surface area contributed by atoms with E-state index in [1.807, 2.05) is 0 Å². The second-order valence-electron chi connectivity index (χ2n) is 5.25. The van der Waals surface area contributed by atoms with Crippen molar-refractivity contribution >= 4 is 23.2 Å². The molecule has 94 valence electrons. The van der Waals surface area contributed by atoms with Gasteiger partial charge in [-0.2, -0.15) is 0 Å². The van der Waals surface area contributed by atoms with Crippen LogP contribution in [0.1, 0.15) is 38.4 Å². The highest BCUT2D eigenvalue weighted by atomic mass is 35.5. The lowest BCUT2D eigenvalue weighted by molar-refractivity contribution is 0.132. The van der Waals surface area contributed by atoms with Gasteiger partial charge in [0.1, 0.15) is 0 Å². The third-order valence-electron chi connectivity index (χ3n) is 3.33. The maximum Gasteiger partial charge on any atom is 0.0971 e. The molecule has 0 unspecified atom stereocenters. The van der Waals surface area contributed by atoms with Crippen LogP contribution in [0.25, 0.3) is 0 Å². The van der Waals surface area contributed by atoms with Crippen LogP contribution in [0.15, 0.2) is 18.2 Å². The largest absolute Gasteiger partial charge is 0.387 e. The molecule has 1 aliphatic heterocycles. The Morgan fingerprint density at radius 1 is 1.35 bits per heavy atom. The first-order valence-corrected chi connectivity index (χ1v) is 6.56. The molecular weight excluding hydrogens is 257 g/mol. The Bertz CT molecular complexity index is 400. The molecule has 1 aromatic carbocycles. The zero-order chi connectivity index (χ0) is 12.6. The van der Waals surface area contributed by atoms with Crippen LogP contribution in [0.5, 0.6) is 0 Å². The number of aliphatic hydroxyl groups excluding tert-OH is 1. The lowest BCUT2D eigenvalue weighted by Crippen LogP contribution is -2.40. The van der Waals surface area contributed by atoms with Crippen LogP contribution in [0.2, 0.25) is 10.0 Å². The van der Waals surface area contributed by atoms with Gasteiger partial charge in [-0.25, -0.2) is 0 Å². The Kier molecular flexibility index (Phi) is 3.69. The van der Waals surface area contributed by atoms with Gasteiger partial charge in [0, 0.05) is 27.2 Å². The maximum absolute atomic E-state index is 10.4. The van der Waals surface area contributed by atoms with Gasteiger partial charge >= 0.3 is 0 Å². The summed E-state index contributed by atoms with van der Waals surface area (Å²) in [5.41, 5.74) is 0.699. The summed E-state index contributed by atoms with van der Waals surface area (Å²) in [6, 6.07) is 5.31. The lowest BCUT2D eigenvalue weighted by atomic mass is 10.00. The number of aliphatic hydroxyl groups is 1. The summed E-state index contributed by atoms with van der Waals surface area (Å²) in [4.78, 5) is 0. The summed E-state index contributed by atoms with van der Waals surface area (Å²) in [5, 5.41) is 14.8. The van der Waals surface area contributed by atoms with Gasteiger partial charge in [0.15, 0.2) is 0 Å². The molecule has 2 rings (SSSR count). The molecule has 1 aromatic rings. The number of hydrogen-bond donors (Lipinski definition) is 2. The Labute approximate surface area is 112 Å². The molecule has 0 radical (unpaired) electrons. The van der Waals surface area contributed by atoms with Crippen molar-refractivity contribution in [2.24, 2.45) is 0 Å². The molecule has 17 heavy (non-hydrogen) atoms. The van der Waals surface area contributed by atoms with E-state index in [1.54, 1.807) is 18.2 Å². The molecule has 1 fully saturated rings. The minimum atomic E-state index is -0.655. The molecule has 1 saturated heterocycles. The SMILES string of the molecule is CC1(C)CC[C@@H]([C@H](O)c2c(Cl)cccc2Cl)N1.